The lowest BCUT2D eigenvalue weighted by Crippen LogP contribution is -2.12. The average molecular weight is 271 g/mol. The molecule has 6 nitrogen and oxygen atoms in total. The van der Waals surface area contributed by atoms with Crippen molar-refractivity contribution >= 4 is 15.7 Å². The first-order valence-electron chi connectivity index (χ1n) is 4.88. The summed E-state index contributed by atoms with van der Waals surface area (Å²) in [6, 6.07) is 3.00. The molecule has 96 valence electrons. The second-order valence-corrected chi connectivity index (χ2v) is 5.30. The second-order valence-electron chi connectivity index (χ2n) is 3.62. The van der Waals surface area contributed by atoms with Gasteiger partial charge in [0.2, 0.25) is 0 Å². The molecule has 1 aromatic heterocycles. The number of benzene rings is 1. The first-order valence-corrected chi connectivity index (χ1v) is 6.37. The van der Waals surface area contributed by atoms with Gasteiger partial charge in [0.15, 0.2) is 0 Å². The number of aromatic nitrogens is 2. The second kappa shape index (κ2) is 4.30. The summed E-state index contributed by atoms with van der Waals surface area (Å²) in [4.78, 5) is -0.0475. The minimum Gasteiger partial charge on any atom is -0.506 e. The summed E-state index contributed by atoms with van der Waals surface area (Å²) in [5, 5.41) is 13.2. The van der Waals surface area contributed by atoms with E-state index in [0.717, 1.165) is 18.2 Å². The number of rotatable bonds is 3. The molecule has 0 unspecified atom stereocenters. The summed E-state index contributed by atoms with van der Waals surface area (Å²) in [7, 11) is -2.27. The van der Waals surface area contributed by atoms with Crippen LogP contribution in [0.25, 0.3) is 0 Å². The molecular formula is C10H10FN3O3S. The van der Waals surface area contributed by atoms with Crippen LogP contribution in [-0.2, 0) is 17.1 Å². The molecule has 1 heterocycles. The fourth-order valence-corrected chi connectivity index (χ4v) is 2.39. The Morgan fingerprint density at radius 2 is 2.17 bits per heavy atom. The molecule has 0 aliphatic heterocycles. The van der Waals surface area contributed by atoms with E-state index in [2.05, 4.69) is 9.82 Å². The van der Waals surface area contributed by atoms with Crippen molar-refractivity contribution in [2.45, 2.75) is 4.90 Å². The molecule has 0 atom stereocenters. The minimum atomic E-state index is -3.84. The lowest BCUT2D eigenvalue weighted by molar-refractivity contribution is 0.471. The van der Waals surface area contributed by atoms with Gasteiger partial charge in [-0.05, 0) is 12.1 Å². The fraction of sp³-hybridized carbons (Fsp3) is 0.100. The van der Waals surface area contributed by atoms with Gasteiger partial charge in [-0.25, -0.2) is 12.8 Å². The maximum absolute atomic E-state index is 12.8. The Hall–Kier alpha value is -2.09. The fourth-order valence-electron chi connectivity index (χ4n) is 1.33. The van der Waals surface area contributed by atoms with E-state index in [-0.39, 0.29) is 10.6 Å². The smallest absolute Gasteiger partial charge is 0.265 e. The molecule has 2 rings (SSSR count). The van der Waals surface area contributed by atoms with Crippen molar-refractivity contribution in [1.29, 1.82) is 0 Å². The van der Waals surface area contributed by atoms with Crippen LogP contribution < -0.4 is 4.72 Å². The van der Waals surface area contributed by atoms with Crippen molar-refractivity contribution in [2.24, 2.45) is 7.05 Å². The zero-order chi connectivity index (χ0) is 13.3. The van der Waals surface area contributed by atoms with Crippen molar-refractivity contribution in [1.82, 2.24) is 9.78 Å². The van der Waals surface area contributed by atoms with Gasteiger partial charge >= 0.3 is 0 Å². The third kappa shape index (κ3) is 2.43. The first-order chi connectivity index (χ1) is 8.38. The van der Waals surface area contributed by atoms with E-state index in [1.807, 2.05) is 0 Å². The topological polar surface area (TPSA) is 84.2 Å². The van der Waals surface area contributed by atoms with Crippen LogP contribution in [0.4, 0.5) is 10.1 Å². The van der Waals surface area contributed by atoms with Gasteiger partial charge in [-0.15, -0.1) is 0 Å². The number of anilines is 1. The quantitative estimate of drug-likeness (QED) is 0.818. The molecule has 0 bridgehead atoms. The van der Waals surface area contributed by atoms with Crippen LogP contribution in [0.5, 0.6) is 5.75 Å². The van der Waals surface area contributed by atoms with E-state index in [4.69, 9.17) is 0 Å². The Morgan fingerprint density at radius 1 is 1.44 bits per heavy atom. The highest BCUT2D eigenvalue weighted by molar-refractivity contribution is 7.92. The molecule has 0 saturated heterocycles. The minimum absolute atomic E-state index is 0.0475. The number of phenols is 1. The van der Waals surface area contributed by atoms with Crippen LogP contribution in [0.15, 0.2) is 35.5 Å². The number of aromatic hydroxyl groups is 1. The number of hydrogen-bond acceptors (Lipinski definition) is 4. The van der Waals surface area contributed by atoms with E-state index in [1.165, 1.54) is 17.1 Å². The molecule has 2 aromatic rings. The van der Waals surface area contributed by atoms with Crippen LogP contribution in [0, 0.1) is 5.82 Å². The van der Waals surface area contributed by atoms with Gasteiger partial charge in [0.1, 0.15) is 16.5 Å². The maximum Gasteiger partial charge on any atom is 0.265 e. The zero-order valence-electron chi connectivity index (χ0n) is 9.33. The number of nitrogens with zero attached hydrogens (tertiary/aromatic N) is 2. The SMILES string of the molecule is Cn1cc(S(=O)(=O)Nc2ccc(F)cc2O)cn1. The molecule has 0 aliphatic carbocycles. The number of hydrogen-bond donors (Lipinski definition) is 2. The van der Waals surface area contributed by atoms with E-state index in [0.29, 0.717) is 0 Å². The number of halogens is 1. The predicted octanol–water partition coefficient (Wildman–Crippen LogP) is 1.07. The summed E-state index contributed by atoms with van der Waals surface area (Å²) >= 11 is 0. The Balaban J connectivity index is 2.33. The summed E-state index contributed by atoms with van der Waals surface area (Å²) in [6.07, 6.45) is 2.48. The van der Waals surface area contributed by atoms with Crippen LogP contribution >= 0.6 is 0 Å². The number of sulfonamides is 1. The highest BCUT2D eigenvalue weighted by Crippen LogP contribution is 2.26. The van der Waals surface area contributed by atoms with E-state index >= 15 is 0 Å². The molecule has 18 heavy (non-hydrogen) atoms. The van der Waals surface area contributed by atoms with Gasteiger partial charge in [0.25, 0.3) is 10.0 Å². The Morgan fingerprint density at radius 3 is 2.72 bits per heavy atom. The molecule has 0 amide bonds. The number of aryl methyl sites for hydroxylation is 1. The molecule has 1 aromatic carbocycles. The average Bonchev–Trinajstić information content (AvgIpc) is 2.70. The van der Waals surface area contributed by atoms with Crippen molar-refractivity contribution in [3.63, 3.8) is 0 Å². The summed E-state index contributed by atoms with van der Waals surface area (Å²) in [5.41, 5.74) is -0.0970. The molecular weight excluding hydrogens is 261 g/mol. The highest BCUT2D eigenvalue weighted by Gasteiger charge is 2.17. The highest BCUT2D eigenvalue weighted by atomic mass is 32.2. The molecule has 0 fully saturated rings. The standard InChI is InChI=1S/C10H10FN3O3S/c1-14-6-8(5-12-14)18(16,17)13-9-3-2-7(11)4-10(9)15/h2-6,13,15H,1H3. The van der Waals surface area contributed by atoms with Gasteiger partial charge in [0, 0.05) is 19.3 Å². The third-order valence-electron chi connectivity index (χ3n) is 2.20. The Bertz CT molecular complexity index is 681. The van der Waals surface area contributed by atoms with Gasteiger partial charge in [-0.3, -0.25) is 9.40 Å². The number of phenolic OH excluding ortho intramolecular Hbond substituents is 1. The normalized spacial score (nSPS) is 11.4. The van der Waals surface area contributed by atoms with E-state index < -0.39 is 21.6 Å². The lowest BCUT2D eigenvalue weighted by Gasteiger charge is -2.07. The van der Waals surface area contributed by atoms with E-state index in [9.17, 15) is 17.9 Å². The third-order valence-corrected chi connectivity index (χ3v) is 3.52. The molecule has 8 heteroatoms. The van der Waals surface area contributed by atoms with Crippen molar-refractivity contribution in [3.05, 3.63) is 36.4 Å². The Kier molecular flexibility index (Phi) is 2.95. The van der Waals surface area contributed by atoms with Crippen LogP contribution in [0.1, 0.15) is 0 Å². The van der Waals surface area contributed by atoms with Gasteiger partial charge in [-0.2, -0.15) is 5.10 Å². The van der Waals surface area contributed by atoms with Gasteiger partial charge < -0.3 is 5.11 Å². The monoisotopic (exact) mass is 271 g/mol. The largest absolute Gasteiger partial charge is 0.506 e. The Labute approximate surface area is 103 Å². The van der Waals surface area contributed by atoms with Gasteiger partial charge in [-0.1, -0.05) is 0 Å². The zero-order valence-corrected chi connectivity index (χ0v) is 10.1. The van der Waals surface area contributed by atoms with Crippen LogP contribution in [0.2, 0.25) is 0 Å². The summed E-state index contributed by atoms with van der Waals surface area (Å²) in [5.74, 6) is -1.14. The molecule has 0 spiro atoms. The summed E-state index contributed by atoms with van der Waals surface area (Å²) < 4.78 is 40.0. The van der Waals surface area contributed by atoms with Crippen molar-refractivity contribution in [3.8, 4) is 5.75 Å². The summed E-state index contributed by atoms with van der Waals surface area (Å²) in [6.45, 7) is 0. The lowest BCUT2D eigenvalue weighted by atomic mass is 10.3. The predicted molar refractivity (Wildman–Crippen MR) is 62.1 cm³/mol. The van der Waals surface area contributed by atoms with Crippen LogP contribution in [-0.4, -0.2) is 23.3 Å². The van der Waals surface area contributed by atoms with Crippen molar-refractivity contribution in [2.75, 3.05) is 4.72 Å². The molecule has 2 N–H and O–H groups in total. The molecule has 0 saturated carbocycles. The van der Waals surface area contributed by atoms with E-state index in [1.54, 1.807) is 7.05 Å². The van der Waals surface area contributed by atoms with Crippen molar-refractivity contribution < 1.29 is 17.9 Å². The van der Waals surface area contributed by atoms with Gasteiger partial charge in [0.05, 0.1) is 11.9 Å². The van der Waals surface area contributed by atoms with Crippen LogP contribution in [0.3, 0.4) is 0 Å². The first kappa shape index (κ1) is 12.4. The number of nitrogens with one attached hydrogen (secondary N) is 1. The maximum atomic E-state index is 12.8. The molecule has 0 aliphatic rings. The molecule has 0 radical (unpaired) electrons.